The Labute approximate surface area is 103 Å². The molecule has 90 valence electrons. The fraction of sp³-hybridized carbons (Fsp3) is 0.667. The molecule has 2 atom stereocenters. The molecule has 0 aromatic carbocycles. The van der Waals surface area contributed by atoms with Crippen molar-refractivity contribution in [2.45, 2.75) is 31.7 Å². The zero-order valence-electron chi connectivity index (χ0n) is 8.22. The first kappa shape index (κ1) is 17.0. The minimum atomic E-state index is -1.82. The van der Waals surface area contributed by atoms with Crippen molar-refractivity contribution in [2.75, 3.05) is 0 Å². The van der Waals surface area contributed by atoms with E-state index in [1.165, 1.54) is 19.3 Å². The molecule has 15 heavy (non-hydrogen) atoms. The molecule has 0 aromatic rings. The SMILES string of the molecule is O=C(O)C(=O)O.[CH2-][C@@H]1CCCC[C@H]1[NH-].[Pt+2]. The Morgan fingerprint density at radius 3 is 1.73 bits per heavy atom. The second kappa shape index (κ2) is 8.86. The minimum absolute atomic E-state index is 0. The van der Waals surface area contributed by atoms with Crippen LogP contribution >= 0.6 is 0 Å². The van der Waals surface area contributed by atoms with Gasteiger partial charge in [0.2, 0.25) is 0 Å². The van der Waals surface area contributed by atoms with Crippen molar-refractivity contribution >= 4 is 11.9 Å². The third-order valence-corrected chi connectivity index (χ3v) is 2.09. The summed E-state index contributed by atoms with van der Waals surface area (Å²) in [6, 6.07) is 0.142. The van der Waals surface area contributed by atoms with Gasteiger partial charge in [-0.3, -0.25) is 0 Å². The van der Waals surface area contributed by atoms with Crippen LogP contribution in [0.15, 0.2) is 0 Å². The largest absolute Gasteiger partial charge is 2.00 e. The van der Waals surface area contributed by atoms with Crippen LogP contribution < -0.4 is 0 Å². The van der Waals surface area contributed by atoms with Crippen molar-refractivity contribution in [2.24, 2.45) is 5.92 Å². The molecule has 1 aliphatic rings. The molecule has 0 saturated heterocycles. The molecule has 0 bridgehead atoms. The molecule has 0 aliphatic heterocycles. The van der Waals surface area contributed by atoms with Crippen molar-refractivity contribution in [3.05, 3.63) is 12.7 Å². The summed E-state index contributed by atoms with van der Waals surface area (Å²) in [5, 5.41) is 14.8. The van der Waals surface area contributed by atoms with Gasteiger partial charge in [-0.1, -0.05) is 25.7 Å². The Morgan fingerprint density at radius 2 is 1.53 bits per heavy atom. The number of carboxylic acid groups (broad SMARTS) is 2. The minimum Gasteiger partial charge on any atom is -0.677 e. The fourth-order valence-corrected chi connectivity index (χ4v) is 1.21. The average molecular weight is 396 g/mol. The third kappa shape index (κ3) is 8.57. The monoisotopic (exact) mass is 396 g/mol. The molecular formula is C9H15NO4Pt. The van der Waals surface area contributed by atoms with Gasteiger partial charge in [-0.2, -0.15) is 12.0 Å². The molecule has 1 saturated carbocycles. The van der Waals surface area contributed by atoms with E-state index in [4.69, 9.17) is 25.5 Å². The first-order valence-electron chi connectivity index (χ1n) is 4.45. The molecule has 5 nitrogen and oxygen atoms in total. The summed E-state index contributed by atoms with van der Waals surface area (Å²) in [7, 11) is 0. The third-order valence-electron chi connectivity index (χ3n) is 2.09. The molecule has 0 heterocycles. The van der Waals surface area contributed by atoms with Gasteiger partial charge >= 0.3 is 33.0 Å². The van der Waals surface area contributed by atoms with Crippen LogP contribution in [0.3, 0.4) is 0 Å². The second-order valence-corrected chi connectivity index (χ2v) is 3.26. The van der Waals surface area contributed by atoms with E-state index in [9.17, 15) is 0 Å². The summed E-state index contributed by atoms with van der Waals surface area (Å²) in [4.78, 5) is 18.2. The Kier molecular flexibility index (Phi) is 10.0. The Hall–Kier alpha value is -0.412. The molecule has 1 aliphatic carbocycles. The van der Waals surface area contributed by atoms with Gasteiger partial charge in [0, 0.05) is 0 Å². The standard InChI is InChI=1S/C7H13N.C2H2O4.Pt/c1-6-4-2-3-5-7(6)8;3-1(4)2(5)6;/h6-8H,1-5H2;(H,3,4)(H,5,6);/q-2;;+2/t6-,7-;;/m1../s1. The van der Waals surface area contributed by atoms with E-state index in [0.717, 1.165) is 6.42 Å². The van der Waals surface area contributed by atoms with Gasteiger partial charge < -0.3 is 22.9 Å². The maximum absolute atomic E-state index is 9.10. The Bertz CT molecular complexity index is 188. The smallest absolute Gasteiger partial charge is 0.677 e. The van der Waals surface area contributed by atoms with Gasteiger partial charge in [0.25, 0.3) is 0 Å². The zero-order chi connectivity index (χ0) is 11.1. The predicted octanol–water partition coefficient (Wildman–Crippen LogP) is 1.58. The number of rotatable bonds is 0. The molecule has 1 fully saturated rings. The van der Waals surface area contributed by atoms with Gasteiger partial charge in [-0.25, -0.2) is 9.59 Å². The number of hydrogen-bond donors (Lipinski definition) is 2. The number of carbonyl (C=O) groups is 2. The molecule has 0 aromatic heterocycles. The van der Waals surface area contributed by atoms with Crippen molar-refractivity contribution < 1.29 is 40.9 Å². The van der Waals surface area contributed by atoms with Crippen LogP contribution in [0.1, 0.15) is 25.7 Å². The molecular weight excluding hydrogens is 381 g/mol. The summed E-state index contributed by atoms with van der Waals surface area (Å²) in [6.07, 6.45) is 4.80. The summed E-state index contributed by atoms with van der Waals surface area (Å²) < 4.78 is 0. The number of hydrogen-bond acceptors (Lipinski definition) is 2. The van der Waals surface area contributed by atoms with E-state index in [1.807, 2.05) is 0 Å². The average Bonchev–Trinajstić information content (AvgIpc) is 2.11. The van der Waals surface area contributed by atoms with E-state index in [1.54, 1.807) is 0 Å². The summed E-state index contributed by atoms with van der Waals surface area (Å²) in [5.74, 6) is -3.23. The maximum atomic E-state index is 9.10. The van der Waals surface area contributed by atoms with E-state index >= 15 is 0 Å². The Balaban J connectivity index is 0. The normalized spacial score (nSPS) is 24.1. The van der Waals surface area contributed by atoms with Crippen LogP contribution in [-0.2, 0) is 30.7 Å². The van der Waals surface area contributed by atoms with E-state index in [-0.39, 0.29) is 27.1 Å². The zero-order valence-corrected chi connectivity index (χ0v) is 10.5. The molecule has 0 unspecified atom stereocenters. The fourth-order valence-electron chi connectivity index (χ4n) is 1.21. The van der Waals surface area contributed by atoms with E-state index in [0.29, 0.717) is 5.92 Å². The van der Waals surface area contributed by atoms with Crippen molar-refractivity contribution in [3.63, 3.8) is 0 Å². The molecule has 0 spiro atoms. The Morgan fingerprint density at radius 1 is 1.13 bits per heavy atom. The van der Waals surface area contributed by atoms with Crippen LogP contribution in [0.2, 0.25) is 0 Å². The quantitative estimate of drug-likeness (QED) is 0.480. The number of aliphatic carboxylic acids is 2. The molecule has 6 heteroatoms. The van der Waals surface area contributed by atoms with Gasteiger partial charge in [-0.05, 0) is 0 Å². The summed E-state index contributed by atoms with van der Waals surface area (Å²) >= 11 is 0. The van der Waals surface area contributed by atoms with E-state index in [2.05, 4.69) is 6.92 Å². The van der Waals surface area contributed by atoms with Crippen molar-refractivity contribution in [1.29, 1.82) is 0 Å². The van der Waals surface area contributed by atoms with Crippen molar-refractivity contribution in [1.82, 2.24) is 0 Å². The summed E-state index contributed by atoms with van der Waals surface area (Å²) in [5.41, 5.74) is 7.42. The van der Waals surface area contributed by atoms with Gasteiger partial charge in [-0.15, -0.1) is 0 Å². The van der Waals surface area contributed by atoms with Crippen molar-refractivity contribution in [3.8, 4) is 0 Å². The van der Waals surface area contributed by atoms with Gasteiger partial charge in [0.05, 0.1) is 0 Å². The maximum Gasteiger partial charge on any atom is 2.00 e. The van der Waals surface area contributed by atoms with Crippen LogP contribution in [0.5, 0.6) is 0 Å². The van der Waals surface area contributed by atoms with Crippen LogP contribution in [0.25, 0.3) is 5.73 Å². The molecule has 0 amide bonds. The van der Waals surface area contributed by atoms with Gasteiger partial charge in [0.1, 0.15) is 0 Å². The predicted molar refractivity (Wildman–Crippen MR) is 50.7 cm³/mol. The second-order valence-electron chi connectivity index (χ2n) is 3.26. The van der Waals surface area contributed by atoms with Crippen LogP contribution in [0, 0.1) is 12.8 Å². The van der Waals surface area contributed by atoms with Crippen LogP contribution in [0.4, 0.5) is 0 Å². The molecule has 1 rings (SSSR count). The topological polar surface area (TPSA) is 98.4 Å². The first-order valence-corrected chi connectivity index (χ1v) is 4.45. The van der Waals surface area contributed by atoms with Gasteiger partial charge in [0.15, 0.2) is 0 Å². The molecule has 3 N–H and O–H groups in total. The summed E-state index contributed by atoms with van der Waals surface area (Å²) in [6.45, 7) is 3.89. The van der Waals surface area contributed by atoms with Crippen LogP contribution in [-0.4, -0.2) is 28.2 Å². The number of carboxylic acids is 2. The first-order chi connectivity index (χ1) is 6.45. The number of nitrogens with one attached hydrogen (secondary N) is 1. The molecule has 0 radical (unpaired) electrons. The van der Waals surface area contributed by atoms with E-state index < -0.39 is 11.9 Å².